The molecule has 0 atom stereocenters. The van der Waals surface area contributed by atoms with Crippen LogP contribution in [0, 0.1) is 0 Å². The first-order valence-electron chi connectivity index (χ1n) is 7.71. The van der Waals surface area contributed by atoms with Crippen LogP contribution in [0.1, 0.15) is 25.0 Å². The second-order valence-electron chi connectivity index (χ2n) is 5.82. The zero-order valence-corrected chi connectivity index (χ0v) is 17.5. The molecule has 0 unspecified atom stereocenters. The van der Waals surface area contributed by atoms with Gasteiger partial charge in [-0.05, 0) is 0 Å². The van der Waals surface area contributed by atoms with Crippen molar-refractivity contribution in [1.29, 1.82) is 0 Å². The number of amides is 1. The number of aryl methyl sites for hydroxylation is 1. The molecule has 2 rings (SSSR count). The van der Waals surface area contributed by atoms with Gasteiger partial charge in [-0.2, -0.15) is 0 Å². The molecule has 0 aliphatic heterocycles. The molecule has 7 heteroatoms. The molecule has 1 N–H and O–H groups in total. The summed E-state index contributed by atoms with van der Waals surface area (Å²) in [5.41, 5.74) is 2.45. The first-order valence-corrected chi connectivity index (χ1v) is 13.2. The third-order valence-corrected chi connectivity index (χ3v) is 5.09. The summed E-state index contributed by atoms with van der Waals surface area (Å²) in [6.07, 6.45) is 4.18. The number of nitrogens with one attached hydrogen (secondary N) is 1. The van der Waals surface area contributed by atoms with Gasteiger partial charge in [0.1, 0.15) is 0 Å². The standard InChI is InChI=1S/C18H20N2O2.2ClH.Ru/c1-13(2)22-17-6-5-16(11-14(17)3)19-18(21)12-15-7-9-20(4)10-8-15;;;/h3,5-11,13H,12H2,1-2,4H3;2*1H;/q;;;+2/p-1. The van der Waals surface area contributed by atoms with Crippen LogP contribution in [0.4, 0.5) is 5.69 Å². The van der Waals surface area contributed by atoms with Crippen LogP contribution in [-0.4, -0.2) is 16.6 Å². The predicted molar refractivity (Wildman–Crippen MR) is 99.0 cm³/mol. The topological polar surface area (TPSA) is 42.2 Å². The first kappa shape index (κ1) is 20.0. The third kappa shape index (κ3) is 6.85. The van der Waals surface area contributed by atoms with Crippen molar-refractivity contribution in [3.63, 3.8) is 0 Å². The van der Waals surface area contributed by atoms with Crippen LogP contribution in [0.5, 0.6) is 5.75 Å². The Labute approximate surface area is 161 Å². The molecular formula is C18H21Cl2N2O2Ru+. The summed E-state index contributed by atoms with van der Waals surface area (Å²) in [6.45, 7) is 3.91. The molecule has 1 aromatic heterocycles. The van der Waals surface area contributed by atoms with Crippen LogP contribution in [0.2, 0.25) is 0 Å². The Morgan fingerprint density at radius 1 is 1.28 bits per heavy atom. The number of halogens is 2. The molecule has 136 valence electrons. The molecule has 0 aliphatic carbocycles. The number of hydrogen-bond donors (Lipinski definition) is 1. The molecule has 1 heterocycles. The van der Waals surface area contributed by atoms with Gasteiger partial charge in [0.15, 0.2) is 0 Å². The molecule has 1 amide bonds. The molecular weight excluding hydrogens is 448 g/mol. The number of carbonyl (C=O) groups excluding carboxylic acids is 1. The van der Waals surface area contributed by atoms with Gasteiger partial charge in [-0.1, -0.05) is 0 Å². The Bertz CT molecular complexity index is 773. The van der Waals surface area contributed by atoms with E-state index in [4.69, 9.17) is 24.1 Å². The molecule has 2 aromatic rings. The normalized spacial score (nSPS) is 11.2. The van der Waals surface area contributed by atoms with Crippen molar-refractivity contribution in [2.45, 2.75) is 26.4 Å². The Morgan fingerprint density at radius 3 is 2.56 bits per heavy atom. The fourth-order valence-corrected chi connectivity index (χ4v) is 3.97. The van der Waals surface area contributed by atoms with Crippen molar-refractivity contribution in [3.8, 4) is 5.75 Å². The van der Waals surface area contributed by atoms with Crippen LogP contribution in [0.15, 0.2) is 42.7 Å². The van der Waals surface area contributed by atoms with Crippen molar-refractivity contribution in [1.82, 2.24) is 0 Å². The minimum atomic E-state index is -2.01. The maximum atomic E-state index is 12.3. The third-order valence-electron chi connectivity index (χ3n) is 3.26. The quantitative estimate of drug-likeness (QED) is 0.520. The van der Waals surface area contributed by atoms with Gasteiger partial charge in [-0.15, -0.1) is 0 Å². The van der Waals surface area contributed by atoms with Gasteiger partial charge in [-0.3, -0.25) is 0 Å². The Kier molecular flexibility index (Phi) is 7.55. The molecule has 0 saturated carbocycles. The Hall–Kier alpha value is -1.29. The first-order chi connectivity index (χ1) is 11.8. The van der Waals surface area contributed by atoms with Gasteiger partial charge in [-0.25, -0.2) is 0 Å². The number of pyridine rings is 1. The van der Waals surface area contributed by atoms with Gasteiger partial charge in [0.25, 0.3) is 0 Å². The summed E-state index contributed by atoms with van der Waals surface area (Å²) < 4.78 is 9.52. The zero-order chi connectivity index (χ0) is 18.4. The van der Waals surface area contributed by atoms with Gasteiger partial charge in [0, 0.05) is 0 Å². The molecule has 0 bridgehead atoms. The fourth-order valence-electron chi connectivity index (χ4n) is 2.19. The molecule has 4 nitrogen and oxygen atoms in total. The van der Waals surface area contributed by atoms with Crippen LogP contribution < -0.4 is 14.6 Å². The van der Waals surface area contributed by atoms with E-state index in [1.807, 2.05) is 72.8 Å². The van der Waals surface area contributed by atoms with Gasteiger partial charge < -0.3 is 0 Å². The summed E-state index contributed by atoms with van der Waals surface area (Å²) in [5.74, 6) is 0.631. The minimum absolute atomic E-state index is 0.0401. The van der Waals surface area contributed by atoms with E-state index >= 15 is 0 Å². The maximum absolute atomic E-state index is 12.3. The van der Waals surface area contributed by atoms with Gasteiger partial charge >= 0.3 is 162 Å². The van der Waals surface area contributed by atoms with Gasteiger partial charge in [0.05, 0.1) is 0 Å². The summed E-state index contributed by atoms with van der Waals surface area (Å²) >= 11 is -2.01. The molecule has 1 aromatic carbocycles. The summed E-state index contributed by atoms with van der Waals surface area (Å²) in [5, 5.41) is 2.91. The van der Waals surface area contributed by atoms with Crippen molar-refractivity contribution >= 4 is 35.6 Å². The molecule has 0 spiro atoms. The van der Waals surface area contributed by atoms with E-state index in [0.717, 1.165) is 11.1 Å². The van der Waals surface area contributed by atoms with Gasteiger partial charge in [0.2, 0.25) is 0 Å². The van der Waals surface area contributed by atoms with Crippen molar-refractivity contribution in [2.75, 3.05) is 5.32 Å². The van der Waals surface area contributed by atoms with Crippen LogP contribution in [-0.2, 0) is 31.8 Å². The number of hydrogen-bond acceptors (Lipinski definition) is 2. The van der Waals surface area contributed by atoms with E-state index < -0.39 is 13.5 Å². The average molecular weight is 469 g/mol. The van der Waals surface area contributed by atoms with Crippen molar-refractivity contribution in [2.24, 2.45) is 7.05 Å². The monoisotopic (exact) mass is 469 g/mol. The Balaban J connectivity index is 2.14. The van der Waals surface area contributed by atoms with Crippen molar-refractivity contribution < 1.29 is 27.6 Å². The Morgan fingerprint density at radius 2 is 1.96 bits per heavy atom. The van der Waals surface area contributed by atoms with E-state index in [-0.39, 0.29) is 12.0 Å². The number of anilines is 1. The second-order valence-corrected chi connectivity index (χ2v) is 11.5. The SMILES string of the molecule is CC(C)Oc1ccc(NC(=O)Cc2cc[n+](C)cc2)cc1[CH]=[Ru]([Cl])[Cl]. The van der Waals surface area contributed by atoms with E-state index in [2.05, 4.69) is 5.32 Å². The summed E-state index contributed by atoms with van der Waals surface area (Å²) in [4.78, 5) is 12.3. The number of aromatic nitrogens is 1. The van der Waals surface area contributed by atoms with Crippen LogP contribution in [0.25, 0.3) is 0 Å². The number of rotatable bonds is 6. The molecule has 0 saturated heterocycles. The van der Waals surface area contributed by atoms with E-state index in [0.29, 0.717) is 17.9 Å². The van der Waals surface area contributed by atoms with E-state index in [1.165, 1.54) is 0 Å². The fraction of sp³-hybridized carbons (Fsp3) is 0.278. The summed E-state index contributed by atoms with van der Waals surface area (Å²) in [7, 11) is 14.0. The number of nitrogens with zero attached hydrogens (tertiary/aromatic N) is 1. The second kappa shape index (κ2) is 9.42. The molecule has 0 aliphatic rings. The summed E-state index contributed by atoms with van der Waals surface area (Å²) in [6, 6.07) is 9.34. The molecule has 0 fully saturated rings. The van der Waals surface area contributed by atoms with E-state index in [1.54, 1.807) is 0 Å². The molecule has 25 heavy (non-hydrogen) atoms. The van der Waals surface area contributed by atoms with Crippen molar-refractivity contribution in [3.05, 3.63) is 53.9 Å². The van der Waals surface area contributed by atoms with Crippen LogP contribution in [0.3, 0.4) is 0 Å². The number of benzene rings is 1. The van der Waals surface area contributed by atoms with E-state index in [9.17, 15) is 4.79 Å². The predicted octanol–water partition coefficient (Wildman–Crippen LogP) is 3.56. The zero-order valence-electron chi connectivity index (χ0n) is 14.3. The number of carbonyl (C=O) groups is 1. The number of ether oxygens (including phenoxy) is 1. The average Bonchev–Trinajstić information content (AvgIpc) is 2.51. The van der Waals surface area contributed by atoms with Crippen LogP contribution >= 0.6 is 19.4 Å². The molecule has 0 radical (unpaired) electrons.